The van der Waals surface area contributed by atoms with E-state index in [4.69, 9.17) is 4.74 Å². The Hall–Kier alpha value is -2.20. The number of pyridine rings is 1. The lowest BCUT2D eigenvalue weighted by molar-refractivity contribution is 0.101. The number of nitrogens with zero attached hydrogens (tertiary/aromatic N) is 2. The van der Waals surface area contributed by atoms with Crippen LogP contribution in [0.25, 0.3) is 0 Å². The Morgan fingerprint density at radius 1 is 1.29 bits per heavy atom. The Labute approximate surface area is 125 Å². The van der Waals surface area contributed by atoms with Crippen molar-refractivity contribution in [2.75, 3.05) is 14.2 Å². The number of ether oxygens (including phenoxy) is 1. The molecule has 0 aliphatic rings. The van der Waals surface area contributed by atoms with E-state index in [2.05, 4.69) is 9.88 Å². The van der Waals surface area contributed by atoms with Gasteiger partial charge in [0.1, 0.15) is 5.75 Å². The van der Waals surface area contributed by atoms with Gasteiger partial charge in [-0.2, -0.15) is 0 Å². The number of aromatic nitrogens is 1. The summed E-state index contributed by atoms with van der Waals surface area (Å²) >= 11 is 0. The molecule has 1 heterocycles. The first kappa shape index (κ1) is 15.2. The molecule has 4 heteroatoms. The molecule has 0 fully saturated rings. The van der Waals surface area contributed by atoms with Crippen LogP contribution in [0.2, 0.25) is 0 Å². The maximum atomic E-state index is 11.5. The van der Waals surface area contributed by atoms with Crippen LogP contribution in [-0.4, -0.2) is 29.8 Å². The molecule has 0 N–H and O–H groups in total. The van der Waals surface area contributed by atoms with Gasteiger partial charge in [-0.25, -0.2) is 0 Å². The molecule has 0 aliphatic heterocycles. The van der Waals surface area contributed by atoms with E-state index in [0.717, 1.165) is 23.4 Å². The van der Waals surface area contributed by atoms with E-state index in [0.29, 0.717) is 12.1 Å². The van der Waals surface area contributed by atoms with Gasteiger partial charge < -0.3 is 4.74 Å². The molecule has 0 amide bonds. The van der Waals surface area contributed by atoms with Crippen LogP contribution in [0.4, 0.5) is 0 Å². The van der Waals surface area contributed by atoms with Crippen molar-refractivity contribution in [1.29, 1.82) is 0 Å². The molecule has 1 aromatic carbocycles. The number of hydrogen-bond donors (Lipinski definition) is 0. The SMILES string of the molecule is COc1ccc(C(C)=O)cc1CN(C)Cc1cccnc1. The summed E-state index contributed by atoms with van der Waals surface area (Å²) in [6.07, 6.45) is 3.63. The van der Waals surface area contributed by atoms with E-state index in [1.165, 1.54) is 0 Å². The summed E-state index contributed by atoms with van der Waals surface area (Å²) in [5.74, 6) is 0.867. The summed E-state index contributed by atoms with van der Waals surface area (Å²) < 4.78 is 5.38. The van der Waals surface area contributed by atoms with Crippen molar-refractivity contribution >= 4 is 5.78 Å². The van der Waals surface area contributed by atoms with Crippen LogP contribution < -0.4 is 4.74 Å². The Kier molecular flexibility index (Phi) is 5.06. The average molecular weight is 284 g/mol. The molecule has 0 saturated carbocycles. The molecule has 21 heavy (non-hydrogen) atoms. The van der Waals surface area contributed by atoms with Gasteiger partial charge in [-0.1, -0.05) is 6.07 Å². The van der Waals surface area contributed by atoms with Gasteiger partial charge in [0, 0.05) is 36.6 Å². The largest absolute Gasteiger partial charge is 0.496 e. The van der Waals surface area contributed by atoms with Gasteiger partial charge in [0.15, 0.2) is 5.78 Å². The minimum absolute atomic E-state index is 0.0637. The molecule has 1 aromatic heterocycles. The van der Waals surface area contributed by atoms with Gasteiger partial charge in [0.05, 0.1) is 7.11 Å². The van der Waals surface area contributed by atoms with Gasteiger partial charge in [-0.15, -0.1) is 0 Å². The van der Waals surface area contributed by atoms with Crippen molar-refractivity contribution < 1.29 is 9.53 Å². The first-order valence-electron chi connectivity index (χ1n) is 6.85. The van der Waals surface area contributed by atoms with Crippen LogP contribution in [0.3, 0.4) is 0 Å². The zero-order valence-electron chi connectivity index (χ0n) is 12.7. The van der Waals surface area contributed by atoms with Gasteiger partial charge in [0.25, 0.3) is 0 Å². The quantitative estimate of drug-likeness (QED) is 0.765. The fourth-order valence-electron chi connectivity index (χ4n) is 2.27. The Bertz CT molecular complexity index is 611. The third-order valence-electron chi connectivity index (χ3n) is 3.30. The van der Waals surface area contributed by atoms with Crippen LogP contribution in [0.5, 0.6) is 5.75 Å². The van der Waals surface area contributed by atoms with Gasteiger partial charge >= 0.3 is 0 Å². The lowest BCUT2D eigenvalue weighted by Gasteiger charge is -2.19. The first-order chi connectivity index (χ1) is 10.1. The fourth-order valence-corrected chi connectivity index (χ4v) is 2.27. The number of carbonyl (C=O) groups excluding carboxylic acids is 1. The highest BCUT2D eigenvalue weighted by Crippen LogP contribution is 2.22. The Morgan fingerprint density at radius 2 is 2.10 bits per heavy atom. The van der Waals surface area contributed by atoms with Crippen LogP contribution >= 0.6 is 0 Å². The van der Waals surface area contributed by atoms with Crippen LogP contribution in [-0.2, 0) is 13.1 Å². The summed E-state index contributed by atoms with van der Waals surface area (Å²) in [4.78, 5) is 17.8. The molecule has 0 bridgehead atoms. The zero-order valence-corrected chi connectivity index (χ0v) is 12.7. The van der Waals surface area contributed by atoms with E-state index in [1.54, 1.807) is 26.3 Å². The maximum Gasteiger partial charge on any atom is 0.159 e. The Morgan fingerprint density at radius 3 is 2.71 bits per heavy atom. The minimum Gasteiger partial charge on any atom is -0.496 e. The highest BCUT2D eigenvalue weighted by atomic mass is 16.5. The molecule has 0 unspecified atom stereocenters. The molecule has 0 aliphatic carbocycles. The second-order valence-corrected chi connectivity index (χ2v) is 5.12. The zero-order chi connectivity index (χ0) is 15.2. The molecule has 0 atom stereocenters. The maximum absolute atomic E-state index is 11.5. The fraction of sp³-hybridized carbons (Fsp3) is 0.294. The van der Waals surface area contributed by atoms with E-state index in [9.17, 15) is 4.79 Å². The molecular formula is C17H20N2O2. The second kappa shape index (κ2) is 6.99. The van der Waals surface area contributed by atoms with Crippen LogP contribution in [0.15, 0.2) is 42.7 Å². The van der Waals surface area contributed by atoms with Crippen LogP contribution in [0.1, 0.15) is 28.4 Å². The summed E-state index contributed by atoms with van der Waals surface area (Å²) in [5, 5.41) is 0. The molecule has 4 nitrogen and oxygen atoms in total. The number of Topliss-reactive ketones (excluding diaryl/α,β-unsaturated/α-hetero) is 1. The molecule has 2 aromatic rings. The average Bonchev–Trinajstić information content (AvgIpc) is 2.48. The lowest BCUT2D eigenvalue weighted by Crippen LogP contribution is -2.18. The highest BCUT2D eigenvalue weighted by molar-refractivity contribution is 5.94. The van der Waals surface area contributed by atoms with Crippen molar-refractivity contribution in [3.05, 3.63) is 59.4 Å². The normalized spacial score (nSPS) is 10.7. The predicted octanol–water partition coefficient (Wildman–Crippen LogP) is 2.92. The predicted molar refractivity (Wildman–Crippen MR) is 82.4 cm³/mol. The van der Waals surface area contributed by atoms with E-state index < -0.39 is 0 Å². The van der Waals surface area contributed by atoms with E-state index in [-0.39, 0.29) is 5.78 Å². The third kappa shape index (κ3) is 4.13. The van der Waals surface area contributed by atoms with Gasteiger partial charge in [0.2, 0.25) is 0 Å². The smallest absolute Gasteiger partial charge is 0.159 e. The number of ketones is 1. The van der Waals surface area contributed by atoms with Gasteiger partial charge in [-0.3, -0.25) is 14.7 Å². The van der Waals surface area contributed by atoms with Crippen LogP contribution in [0, 0.1) is 0 Å². The number of hydrogen-bond acceptors (Lipinski definition) is 4. The van der Waals surface area contributed by atoms with Crippen molar-refractivity contribution in [3.8, 4) is 5.75 Å². The van der Waals surface area contributed by atoms with E-state index in [1.807, 2.05) is 37.5 Å². The van der Waals surface area contributed by atoms with E-state index >= 15 is 0 Å². The van der Waals surface area contributed by atoms with Crippen molar-refractivity contribution in [2.24, 2.45) is 0 Å². The number of carbonyl (C=O) groups is 1. The monoisotopic (exact) mass is 284 g/mol. The molecule has 0 radical (unpaired) electrons. The van der Waals surface area contributed by atoms with Crippen molar-refractivity contribution in [2.45, 2.75) is 20.0 Å². The highest BCUT2D eigenvalue weighted by Gasteiger charge is 2.10. The summed E-state index contributed by atoms with van der Waals surface area (Å²) in [7, 11) is 3.68. The Balaban J connectivity index is 2.13. The molecule has 0 saturated heterocycles. The standard InChI is InChI=1S/C17H20N2O2/c1-13(20)15-6-7-17(21-3)16(9-15)12-19(2)11-14-5-4-8-18-10-14/h4-10H,11-12H2,1-3H3. The number of benzene rings is 1. The second-order valence-electron chi connectivity index (χ2n) is 5.12. The third-order valence-corrected chi connectivity index (χ3v) is 3.30. The molecule has 110 valence electrons. The lowest BCUT2D eigenvalue weighted by atomic mass is 10.1. The van der Waals surface area contributed by atoms with Crippen molar-refractivity contribution in [1.82, 2.24) is 9.88 Å². The first-order valence-corrected chi connectivity index (χ1v) is 6.85. The summed E-state index contributed by atoms with van der Waals surface area (Å²) in [6, 6.07) is 9.53. The number of rotatable bonds is 6. The van der Waals surface area contributed by atoms with Crippen molar-refractivity contribution in [3.63, 3.8) is 0 Å². The van der Waals surface area contributed by atoms with Gasteiger partial charge in [-0.05, 0) is 43.8 Å². The summed E-state index contributed by atoms with van der Waals surface area (Å²) in [5.41, 5.74) is 2.87. The molecule has 0 spiro atoms. The number of methoxy groups -OCH3 is 1. The molecular weight excluding hydrogens is 264 g/mol. The molecule has 2 rings (SSSR count). The topological polar surface area (TPSA) is 42.4 Å². The summed E-state index contributed by atoms with van der Waals surface area (Å²) in [6.45, 7) is 3.07. The minimum atomic E-state index is 0.0637.